The van der Waals surface area contributed by atoms with Crippen LogP contribution in [0, 0.1) is 82.3 Å². The minimum atomic E-state index is 0.292. The topological polar surface area (TPSA) is 23.8 Å². The van der Waals surface area contributed by atoms with Crippen molar-refractivity contribution in [3.8, 4) is 6.07 Å². The minimum absolute atomic E-state index is 0.292. The molecular formula is C49H57N. The Kier molecular flexibility index (Phi) is 8.31. The van der Waals surface area contributed by atoms with E-state index in [9.17, 15) is 5.26 Å². The standard InChI is InChI=1S/C49H57N/c50-30-31-18-20-32(21-19-31)35-22-23-37-29-38(25-24-36(37)28-35)39-26-27-44-47-40(39)16-9-17-43(47)48-45(33-10-3-1-4-11-33)41-14-7-8-15-42(41)46(49(44)48)34-12-5-2-6-13-34/h1,3-5,7-8,10,12,14-15,22-23,28-29,31-34,36-37,39-40,43-44,46-47,49H,2,6,9,11,13,16-21,24-27H2. The van der Waals surface area contributed by atoms with Crippen molar-refractivity contribution in [3.63, 3.8) is 0 Å². The lowest BCUT2D eigenvalue weighted by Crippen LogP contribution is -2.41. The summed E-state index contributed by atoms with van der Waals surface area (Å²) in [5.41, 5.74) is 10.5. The first-order chi connectivity index (χ1) is 24.8. The Morgan fingerprint density at radius 1 is 0.700 bits per heavy atom. The van der Waals surface area contributed by atoms with Gasteiger partial charge in [-0.2, -0.15) is 5.26 Å². The number of hydrogen-bond acceptors (Lipinski definition) is 1. The fourth-order valence-electron chi connectivity index (χ4n) is 13.9. The zero-order chi connectivity index (χ0) is 33.2. The summed E-state index contributed by atoms with van der Waals surface area (Å²) < 4.78 is 0. The summed E-state index contributed by atoms with van der Waals surface area (Å²) in [6, 6.07) is 12.3. The van der Waals surface area contributed by atoms with Crippen molar-refractivity contribution in [2.24, 2.45) is 71.0 Å². The lowest BCUT2D eigenvalue weighted by Gasteiger charge is -2.49. The number of nitrogens with zero attached hydrogens (tertiary/aromatic N) is 1. The van der Waals surface area contributed by atoms with Crippen LogP contribution < -0.4 is 0 Å². The fraction of sp³-hybridized carbons (Fsp3) is 0.571. The predicted molar refractivity (Wildman–Crippen MR) is 206 cm³/mol. The second-order valence-electron chi connectivity index (χ2n) is 18.0. The maximum atomic E-state index is 9.41. The summed E-state index contributed by atoms with van der Waals surface area (Å²) in [6.07, 6.45) is 45.0. The van der Waals surface area contributed by atoms with Gasteiger partial charge in [0.25, 0.3) is 0 Å². The van der Waals surface area contributed by atoms with Crippen molar-refractivity contribution < 1.29 is 0 Å². The van der Waals surface area contributed by atoms with E-state index in [1.807, 2.05) is 11.1 Å². The monoisotopic (exact) mass is 659 g/mol. The molecule has 9 aliphatic rings. The van der Waals surface area contributed by atoms with Crippen LogP contribution >= 0.6 is 0 Å². The molecule has 0 spiro atoms. The normalized spacial score (nSPS) is 42.8. The summed E-state index contributed by atoms with van der Waals surface area (Å²) in [4.78, 5) is 0. The number of hydrogen-bond donors (Lipinski definition) is 0. The van der Waals surface area contributed by atoms with Crippen LogP contribution in [0.15, 0.2) is 102 Å². The molecule has 0 N–H and O–H groups in total. The molecule has 4 saturated carbocycles. The van der Waals surface area contributed by atoms with Gasteiger partial charge in [-0.05, 0) is 171 Å². The van der Waals surface area contributed by atoms with E-state index >= 15 is 0 Å². The Hall–Kier alpha value is -3.11. The van der Waals surface area contributed by atoms with Crippen molar-refractivity contribution in [2.75, 3.05) is 0 Å². The molecule has 0 aromatic heterocycles. The molecule has 1 nitrogen and oxygen atoms in total. The van der Waals surface area contributed by atoms with Crippen molar-refractivity contribution in [1.29, 1.82) is 5.26 Å². The molecule has 0 saturated heterocycles. The van der Waals surface area contributed by atoms with Crippen LogP contribution in [0.3, 0.4) is 0 Å². The van der Waals surface area contributed by atoms with Gasteiger partial charge in [0.2, 0.25) is 0 Å². The van der Waals surface area contributed by atoms with E-state index < -0.39 is 0 Å². The van der Waals surface area contributed by atoms with Gasteiger partial charge in [0.1, 0.15) is 0 Å². The second kappa shape index (κ2) is 13.1. The lowest BCUT2D eigenvalue weighted by atomic mass is 9.56. The molecule has 1 heteroatoms. The van der Waals surface area contributed by atoms with E-state index in [0.29, 0.717) is 41.4 Å². The third kappa shape index (κ3) is 5.21. The van der Waals surface area contributed by atoms with Crippen LogP contribution in [0.4, 0.5) is 0 Å². The van der Waals surface area contributed by atoms with E-state index in [4.69, 9.17) is 0 Å². The average molecular weight is 660 g/mol. The quantitative estimate of drug-likeness (QED) is 0.295. The minimum Gasteiger partial charge on any atom is -0.198 e. The molecule has 10 rings (SSSR count). The molecule has 11 atom stereocenters. The van der Waals surface area contributed by atoms with Gasteiger partial charge in [0, 0.05) is 17.8 Å². The van der Waals surface area contributed by atoms with Crippen LogP contribution in [0.5, 0.6) is 0 Å². The van der Waals surface area contributed by atoms with Gasteiger partial charge in [-0.3, -0.25) is 0 Å². The Bertz CT molecular complexity index is 1740. The molecule has 0 radical (unpaired) electrons. The molecule has 1 aromatic rings. The van der Waals surface area contributed by atoms with Gasteiger partial charge in [0.05, 0.1) is 6.07 Å². The molecule has 4 fully saturated rings. The van der Waals surface area contributed by atoms with E-state index in [2.05, 4.69) is 91.1 Å². The summed E-state index contributed by atoms with van der Waals surface area (Å²) in [7, 11) is 0. The highest BCUT2D eigenvalue weighted by atomic mass is 14.6. The fourth-order valence-corrected chi connectivity index (χ4v) is 13.9. The Morgan fingerprint density at radius 3 is 2.46 bits per heavy atom. The van der Waals surface area contributed by atoms with Crippen LogP contribution in [0.2, 0.25) is 0 Å². The average Bonchev–Trinajstić information content (AvgIpc) is 3.52. The van der Waals surface area contributed by atoms with E-state index in [-0.39, 0.29) is 0 Å². The highest BCUT2D eigenvalue weighted by Crippen LogP contribution is 2.69. The van der Waals surface area contributed by atoms with E-state index in [0.717, 1.165) is 48.3 Å². The molecule has 0 bridgehead atoms. The Morgan fingerprint density at radius 2 is 1.62 bits per heavy atom. The molecular weight excluding hydrogens is 603 g/mol. The first-order valence-corrected chi connectivity index (χ1v) is 21.1. The molecule has 0 amide bonds. The largest absolute Gasteiger partial charge is 0.198 e. The maximum Gasteiger partial charge on any atom is 0.0655 e. The number of benzene rings is 1. The summed E-state index contributed by atoms with van der Waals surface area (Å²) in [6.45, 7) is 0. The zero-order valence-corrected chi connectivity index (χ0v) is 30.1. The third-order valence-corrected chi connectivity index (χ3v) is 15.9. The smallest absolute Gasteiger partial charge is 0.0655 e. The van der Waals surface area contributed by atoms with Crippen molar-refractivity contribution in [3.05, 3.63) is 113 Å². The number of allylic oxidation sites excluding steroid dienone is 14. The van der Waals surface area contributed by atoms with Gasteiger partial charge in [-0.25, -0.2) is 0 Å². The maximum absolute atomic E-state index is 9.41. The number of rotatable bonds is 4. The van der Waals surface area contributed by atoms with Crippen LogP contribution in [-0.4, -0.2) is 0 Å². The van der Waals surface area contributed by atoms with Gasteiger partial charge >= 0.3 is 0 Å². The molecule has 50 heavy (non-hydrogen) atoms. The highest BCUT2D eigenvalue weighted by molar-refractivity contribution is 5.79. The summed E-state index contributed by atoms with van der Waals surface area (Å²) in [5, 5.41) is 9.41. The number of fused-ring (bicyclic) bond motifs is 5. The van der Waals surface area contributed by atoms with Crippen molar-refractivity contribution >= 4 is 5.57 Å². The summed E-state index contributed by atoms with van der Waals surface area (Å²) >= 11 is 0. The molecule has 11 unspecified atom stereocenters. The van der Waals surface area contributed by atoms with Crippen molar-refractivity contribution in [2.45, 2.75) is 102 Å². The Labute approximate surface area is 302 Å². The molecule has 0 aliphatic heterocycles. The number of nitriles is 1. The second-order valence-corrected chi connectivity index (χ2v) is 18.0. The Balaban J connectivity index is 0.979. The van der Waals surface area contributed by atoms with Crippen LogP contribution in [0.25, 0.3) is 5.57 Å². The van der Waals surface area contributed by atoms with Gasteiger partial charge in [-0.15, -0.1) is 0 Å². The predicted octanol–water partition coefficient (Wildman–Crippen LogP) is 12.5. The van der Waals surface area contributed by atoms with Gasteiger partial charge < -0.3 is 0 Å². The van der Waals surface area contributed by atoms with Crippen LogP contribution in [0.1, 0.15) is 113 Å². The third-order valence-electron chi connectivity index (χ3n) is 15.9. The summed E-state index contributed by atoms with van der Waals surface area (Å²) in [5.74, 6) is 9.08. The first-order valence-electron chi connectivity index (χ1n) is 21.1. The van der Waals surface area contributed by atoms with Crippen LogP contribution in [-0.2, 0) is 0 Å². The van der Waals surface area contributed by atoms with Gasteiger partial charge in [-0.1, -0.05) is 103 Å². The molecule has 0 heterocycles. The molecule has 9 aliphatic carbocycles. The SMILES string of the molecule is N#CC1CCC(C2=CC3CCC(C4CCC5C6C(=C(C7C=CC=CC7)c7ccccc7C6C6C=CCCC6)C6CCCC4C65)=CC3C=C2)CC1. The first kappa shape index (κ1) is 31.6. The van der Waals surface area contributed by atoms with Gasteiger partial charge in [0.15, 0.2) is 0 Å². The highest BCUT2D eigenvalue weighted by Gasteiger charge is 2.59. The lowest BCUT2D eigenvalue weighted by molar-refractivity contribution is 0.0438. The van der Waals surface area contributed by atoms with E-state index in [1.54, 1.807) is 22.3 Å². The van der Waals surface area contributed by atoms with E-state index in [1.165, 1.54) is 83.5 Å². The van der Waals surface area contributed by atoms with Crippen molar-refractivity contribution in [1.82, 2.24) is 0 Å². The molecule has 1 aromatic carbocycles. The zero-order valence-electron chi connectivity index (χ0n) is 30.1. The molecule has 258 valence electrons.